The Kier molecular flexibility index (Phi) is 3.88. The lowest BCUT2D eigenvalue weighted by atomic mass is 10.0. The molecular formula is C17H21N3O2. The number of nitrogens with one attached hydrogen (secondary N) is 1. The molecule has 22 heavy (non-hydrogen) atoms. The molecule has 3 rings (SSSR count). The summed E-state index contributed by atoms with van der Waals surface area (Å²) in [6.07, 6.45) is 5.29. The molecule has 0 spiro atoms. The first kappa shape index (κ1) is 14.6. The highest BCUT2D eigenvalue weighted by molar-refractivity contribution is 5.78. The molecule has 1 amide bonds. The number of carbonyl (C=O) groups is 1. The van der Waals surface area contributed by atoms with E-state index in [1.54, 1.807) is 7.11 Å². The molecule has 2 aromatic rings. The average Bonchev–Trinajstić information content (AvgIpc) is 3.10. The van der Waals surface area contributed by atoms with Crippen molar-refractivity contribution < 1.29 is 9.53 Å². The van der Waals surface area contributed by atoms with Gasteiger partial charge in [-0.05, 0) is 43.5 Å². The molecule has 0 radical (unpaired) electrons. The Morgan fingerprint density at radius 2 is 2.18 bits per heavy atom. The maximum Gasteiger partial charge on any atom is 0.220 e. The molecular weight excluding hydrogens is 278 g/mol. The molecule has 1 unspecified atom stereocenters. The van der Waals surface area contributed by atoms with Gasteiger partial charge >= 0.3 is 0 Å². The number of hydrogen-bond acceptors (Lipinski definition) is 3. The maximum absolute atomic E-state index is 11.4. The molecule has 116 valence electrons. The molecule has 5 nitrogen and oxygen atoms in total. The Labute approximate surface area is 130 Å². The Balaban J connectivity index is 1.91. The van der Waals surface area contributed by atoms with Gasteiger partial charge in [0.1, 0.15) is 11.6 Å². The van der Waals surface area contributed by atoms with Gasteiger partial charge < -0.3 is 14.6 Å². The van der Waals surface area contributed by atoms with Crippen LogP contribution in [0.1, 0.15) is 24.0 Å². The summed E-state index contributed by atoms with van der Waals surface area (Å²) in [6, 6.07) is 4.35. The number of aromatic nitrogens is 2. The summed E-state index contributed by atoms with van der Waals surface area (Å²) in [4.78, 5) is 15.9. The van der Waals surface area contributed by atoms with Crippen molar-refractivity contribution >= 4 is 5.91 Å². The average molecular weight is 299 g/mol. The van der Waals surface area contributed by atoms with Gasteiger partial charge in [-0.25, -0.2) is 4.98 Å². The normalized spacial score (nSPS) is 17.6. The number of imidazole rings is 1. The molecule has 1 aliphatic heterocycles. The third-order valence-electron chi connectivity index (χ3n) is 4.20. The second-order valence-electron chi connectivity index (χ2n) is 5.84. The highest BCUT2D eigenvalue weighted by Crippen LogP contribution is 2.29. The molecule has 0 aliphatic carbocycles. The van der Waals surface area contributed by atoms with E-state index in [4.69, 9.17) is 4.74 Å². The second-order valence-corrected chi connectivity index (χ2v) is 5.84. The first-order valence-corrected chi connectivity index (χ1v) is 7.54. The first-order valence-electron chi connectivity index (χ1n) is 7.54. The van der Waals surface area contributed by atoms with Crippen molar-refractivity contribution in [1.29, 1.82) is 0 Å². The van der Waals surface area contributed by atoms with Gasteiger partial charge in [-0.3, -0.25) is 4.79 Å². The summed E-state index contributed by atoms with van der Waals surface area (Å²) in [5, 5.41) is 3.01. The van der Waals surface area contributed by atoms with Crippen LogP contribution in [0.3, 0.4) is 0 Å². The standard InChI is InChI=1S/C17H21N3O2/c1-11-9-15(22-3)12(2)8-14(11)17-18-6-7-20(17)10-13-4-5-16(21)19-13/h6-9,13H,4-5,10H2,1-3H3,(H,19,21). The third kappa shape index (κ3) is 2.71. The van der Waals surface area contributed by atoms with Crippen molar-refractivity contribution in [2.75, 3.05) is 7.11 Å². The number of rotatable bonds is 4. The van der Waals surface area contributed by atoms with Gasteiger partial charge in [0.05, 0.1) is 7.11 Å². The van der Waals surface area contributed by atoms with Crippen LogP contribution in [-0.2, 0) is 11.3 Å². The Bertz CT molecular complexity index is 706. The lowest BCUT2D eigenvalue weighted by Crippen LogP contribution is -2.29. The van der Waals surface area contributed by atoms with Crippen molar-refractivity contribution in [1.82, 2.24) is 14.9 Å². The van der Waals surface area contributed by atoms with E-state index in [9.17, 15) is 4.79 Å². The Hall–Kier alpha value is -2.30. The van der Waals surface area contributed by atoms with Crippen LogP contribution in [-0.4, -0.2) is 28.6 Å². The summed E-state index contributed by atoms with van der Waals surface area (Å²) in [7, 11) is 1.69. The number of aryl methyl sites for hydroxylation is 2. The zero-order chi connectivity index (χ0) is 15.7. The number of methoxy groups -OCH3 is 1. The minimum Gasteiger partial charge on any atom is -0.496 e. The van der Waals surface area contributed by atoms with Crippen molar-refractivity contribution in [3.05, 3.63) is 35.7 Å². The monoisotopic (exact) mass is 299 g/mol. The van der Waals surface area contributed by atoms with Crippen molar-refractivity contribution in [2.45, 2.75) is 39.3 Å². The molecule has 1 aromatic carbocycles. The highest BCUT2D eigenvalue weighted by atomic mass is 16.5. The van der Waals surface area contributed by atoms with Gasteiger partial charge in [0.15, 0.2) is 0 Å². The highest BCUT2D eigenvalue weighted by Gasteiger charge is 2.22. The topological polar surface area (TPSA) is 56.2 Å². The molecule has 1 atom stereocenters. The molecule has 2 heterocycles. The van der Waals surface area contributed by atoms with E-state index in [0.717, 1.165) is 41.2 Å². The fraction of sp³-hybridized carbons (Fsp3) is 0.412. The van der Waals surface area contributed by atoms with Crippen LogP contribution in [0, 0.1) is 13.8 Å². The molecule has 0 bridgehead atoms. The fourth-order valence-electron chi connectivity index (χ4n) is 3.00. The predicted molar refractivity (Wildman–Crippen MR) is 84.9 cm³/mol. The van der Waals surface area contributed by atoms with E-state index in [0.29, 0.717) is 6.42 Å². The van der Waals surface area contributed by atoms with Crippen LogP contribution in [0.2, 0.25) is 0 Å². The van der Waals surface area contributed by atoms with Gasteiger partial charge in [0, 0.05) is 37.0 Å². The van der Waals surface area contributed by atoms with Gasteiger partial charge in [-0.15, -0.1) is 0 Å². The van der Waals surface area contributed by atoms with Gasteiger partial charge in [0.25, 0.3) is 0 Å². The summed E-state index contributed by atoms with van der Waals surface area (Å²) in [5.41, 5.74) is 3.32. The Morgan fingerprint density at radius 3 is 2.86 bits per heavy atom. The Morgan fingerprint density at radius 1 is 1.36 bits per heavy atom. The van der Waals surface area contributed by atoms with E-state index >= 15 is 0 Å². The fourth-order valence-corrected chi connectivity index (χ4v) is 3.00. The minimum absolute atomic E-state index is 0.142. The third-order valence-corrected chi connectivity index (χ3v) is 4.20. The number of amides is 1. The maximum atomic E-state index is 11.4. The van der Waals surface area contributed by atoms with Crippen molar-refractivity contribution in [3.8, 4) is 17.1 Å². The number of ether oxygens (including phenoxy) is 1. The van der Waals surface area contributed by atoms with E-state index in [1.807, 2.05) is 25.4 Å². The molecule has 1 N–H and O–H groups in total. The van der Waals surface area contributed by atoms with Crippen molar-refractivity contribution in [2.24, 2.45) is 0 Å². The first-order chi connectivity index (χ1) is 10.6. The number of carbonyl (C=O) groups excluding carboxylic acids is 1. The lowest BCUT2D eigenvalue weighted by molar-refractivity contribution is -0.119. The van der Waals surface area contributed by atoms with E-state index in [2.05, 4.69) is 27.9 Å². The second kappa shape index (κ2) is 5.83. The van der Waals surface area contributed by atoms with Crippen LogP contribution in [0.15, 0.2) is 24.5 Å². The summed E-state index contributed by atoms with van der Waals surface area (Å²) < 4.78 is 7.49. The van der Waals surface area contributed by atoms with Crippen LogP contribution >= 0.6 is 0 Å². The molecule has 1 aromatic heterocycles. The molecule has 5 heteroatoms. The van der Waals surface area contributed by atoms with Crippen molar-refractivity contribution in [3.63, 3.8) is 0 Å². The van der Waals surface area contributed by atoms with Crippen LogP contribution < -0.4 is 10.1 Å². The molecule has 0 saturated carbocycles. The predicted octanol–water partition coefficient (Wildman–Crippen LogP) is 2.45. The quantitative estimate of drug-likeness (QED) is 0.943. The van der Waals surface area contributed by atoms with Crippen LogP contribution in [0.4, 0.5) is 0 Å². The van der Waals surface area contributed by atoms with Gasteiger partial charge in [0.2, 0.25) is 5.91 Å². The smallest absolute Gasteiger partial charge is 0.220 e. The zero-order valence-corrected chi connectivity index (χ0v) is 13.2. The van der Waals surface area contributed by atoms with Crippen LogP contribution in [0.25, 0.3) is 11.4 Å². The zero-order valence-electron chi connectivity index (χ0n) is 13.2. The lowest BCUT2D eigenvalue weighted by Gasteiger charge is -2.16. The van der Waals surface area contributed by atoms with Gasteiger partial charge in [-0.2, -0.15) is 0 Å². The summed E-state index contributed by atoms with van der Waals surface area (Å²) >= 11 is 0. The molecule has 1 aliphatic rings. The summed E-state index contributed by atoms with van der Waals surface area (Å²) in [6.45, 7) is 4.85. The van der Waals surface area contributed by atoms with Gasteiger partial charge in [-0.1, -0.05) is 0 Å². The number of nitrogens with zero attached hydrogens (tertiary/aromatic N) is 2. The largest absolute Gasteiger partial charge is 0.496 e. The summed E-state index contributed by atoms with van der Waals surface area (Å²) in [5.74, 6) is 1.97. The number of benzene rings is 1. The SMILES string of the molecule is COc1cc(C)c(-c2nccn2CC2CCC(=O)N2)cc1C. The number of hydrogen-bond donors (Lipinski definition) is 1. The van der Waals surface area contributed by atoms with E-state index in [1.165, 1.54) is 0 Å². The van der Waals surface area contributed by atoms with E-state index in [-0.39, 0.29) is 11.9 Å². The minimum atomic E-state index is 0.142. The van der Waals surface area contributed by atoms with E-state index < -0.39 is 0 Å². The molecule has 1 fully saturated rings. The molecule has 1 saturated heterocycles. The van der Waals surface area contributed by atoms with Crippen LogP contribution in [0.5, 0.6) is 5.75 Å².